The summed E-state index contributed by atoms with van der Waals surface area (Å²) < 4.78 is 27.8. The second kappa shape index (κ2) is 11.4. The summed E-state index contributed by atoms with van der Waals surface area (Å²) in [5.41, 5.74) is -1.48. The number of aliphatic hydroxyl groups is 5. The predicted octanol–water partition coefficient (Wildman–Crippen LogP) is -1.34. The largest absolute Gasteiger partial charge is 0.508 e. The highest BCUT2D eigenvalue weighted by Crippen LogP contribution is 2.43. The van der Waals surface area contributed by atoms with Gasteiger partial charge in [0.15, 0.2) is 29.3 Å². The number of phenols is 5. The molecule has 2 fully saturated rings. The monoisotopic (exact) mass is 596 g/mol. The summed E-state index contributed by atoms with van der Waals surface area (Å²) in [7, 11) is 0. The summed E-state index contributed by atoms with van der Waals surface area (Å²) in [6.45, 7) is -1.11. The summed E-state index contributed by atoms with van der Waals surface area (Å²) in [6.07, 6.45) is -11.7. The molecule has 16 heteroatoms. The van der Waals surface area contributed by atoms with Gasteiger partial charge in [0.05, 0.1) is 19.3 Å². The van der Waals surface area contributed by atoms with E-state index in [1.165, 1.54) is 0 Å². The van der Waals surface area contributed by atoms with Gasteiger partial charge in [0.25, 0.3) is 0 Å². The summed E-state index contributed by atoms with van der Waals surface area (Å²) in [4.78, 5) is 13.5. The van der Waals surface area contributed by atoms with Gasteiger partial charge >= 0.3 is 0 Å². The third-order valence-corrected chi connectivity index (χ3v) is 6.96. The van der Waals surface area contributed by atoms with Crippen molar-refractivity contribution >= 4 is 11.0 Å². The van der Waals surface area contributed by atoms with Gasteiger partial charge in [-0.3, -0.25) is 4.79 Å². The fraction of sp³-hybridized carbons (Fsp3) is 0.423. The van der Waals surface area contributed by atoms with E-state index in [9.17, 15) is 55.9 Å². The zero-order chi connectivity index (χ0) is 30.5. The maximum absolute atomic E-state index is 13.5. The van der Waals surface area contributed by atoms with Gasteiger partial charge in [-0.2, -0.15) is 0 Å². The minimum Gasteiger partial charge on any atom is -0.508 e. The van der Waals surface area contributed by atoms with Crippen LogP contribution in [0, 0.1) is 0 Å². The van der Waals surface area contributed by atoms with Crippen LogP contribution in [0.5, 0.6) is 34.5 Å². The van der Waals surface area contributed by atoms with E-state index >= 15 is 0 Å². The first-order valence-corrected chi connectivity index (χ1v) is 12.6. The third kappa shape index (κ3) is 5.37. The fourth-order valence-electron chi connectivity index (χ4n) is 4.75. The van der Waals surface area contributed by atoms with E-state index in [0.717, 1.165) is 24.3 Å². The van der Waals surface area contributed by atoms with Gasteiger partial charge in [0.1, 0.15) is 53.0 Å². The Morgan fingerprint density at radius 1 is 0.833 bits per heavy atom. The van der Waals surface area contributed by atoms with Crippen LogP contribution >= 0.6 is 0 Å². The van der Waals surface area contributed by atoms with Crippen molar-refractivity contribution in [2.24, 2.45) is 0 Å². The molecule has 0 spiro atoms. The Hall–Kier alpha value is -3.87. The quantitative estimate of drug-likeness (QED) is 0.141. The van der Waals surface area contributed by atoms with Crippen LogP contribution in [0.15, 0.2) is 33.5 Å². The average Bonchev–Trinajstić information content (AvgIpc) is 3.21. The van der Waals surface area contributed by atoms with Gasteiger partial charge in [-0.25, -0.2) is 0 Å². The van der Waals surface area contributed by atoms with Crippen molar-refractivity contribution in [1.29, 1.82) is 0 Å². The lowest BCUT2D eigenvalue weighted by molar-refractivity contribution is -0.254. The molecule has 3 heterocycles. The van der Waals surface area contributed by atoms with Crippen LogP contribution in [-0.2, 0) is 14.2 Å². The Bertz CT molecular complexity index is 1500. The molecule has 2 aromatic carbocycles. The first kappa shape index (κ1) is 29.6. The van der Waals surface area contributed by atoms with Crippen molar-refractivity contribution in [3.8, 4) is 45.8 Å². The predicted molar refractivity (Wildman–Crippen MR) is 136 cm³/mol. The van der Waals surface area contributed by atoms with Crippen molar-refractivity contribution in [2.75, 3.05) is 13.2 Å². The molecule has 2 saturated heterocycles. The number of rotatable bonds is 7. The maximum Gasteiger partial charge on any atom is 0.239 e. The summed E-state index contributed by atoms with van der Waals surface area (Å²) in [5.74, 6) is -4.63. The van der Waals surface area contributed by atoms with Crippen LogP contribution in [0.25, 0.3) is 22.3 Å². The first-order chi connectivity index (χ1) is 19.9. The molecule has 16 nitrogen and oxygen atoms in total. The van der Waals surface area contributed by atoms with Gasteiger partial charge in [0.2, 0.25) is 17.5 Å². The van der Waals surface area contributed by atoms with Crippen LogP contribution in [0.4, 0.5) is 0 Å². The number of phenolic OH excluding ortho intramolecular Hbond substituents is 5. The number of hydrogen-bond donors (Lipinski definition) is 10. The van der Waals surface area contributed by atoms with Crippen molar-refractivity contribution in [3.05, 3.63) is 34.5 Å². The molecular weight excluding hydrogens is 568 g/mol. The van der Waals surface area contributed by atoms with Crippen LogP contribution in [0.2, 0.25) is 0 Å². The summed E-state index contributed by atoms with van der Waals surface area (Å²) >= 11 is 0. The van der Waals surface area contributed by atoms with Crippen LogP contribution < -0.4 is 10.2 Å². The molecule has 10 N–H and O–H groups in total. The van der Waals surface area contributed by atoms with Crippen molar-refractivity contribution in [1.82, 2.24) is 0 Å². The minimum atomic E-state index is -1.53. The molecule has 0 radical (unpaired) electrons. The zero-order valence-electron chi connectivity index (χ0n) is 21.5. The molecule has 0 saturated carbocycles. The lowest BCUT2D eigenvalue weighted by atomic mass is 10.0. The third-order valence-electron chi connectivity index (χ3n) is 6.96. The standard InChI is InChI=1S/C26H28O16/c27-6-15-21(35)23(37)26(41-15)38-7-16-20(34)13(32)5-17(39-16)42-25-22(36)18-10(29)3-9(28)4-14(18)40-24(25)8-1-11(30)19(33)12(31)2-8/h1-4,13,15-17,20-21,23,26-35,37H,5-7H2/t13-,15?,16-,17+,20-,21-,23-,26-/m1/s1. The Kier molecular flexibility index (Phi) is 8.06. The second-order valence-corrected chi connectivity index (χ2v) is 9.85. The molecule has 8 atom stereocenters. The van der Waals surface area contributed by atoms with Crippen LogP contribution in [0.1, 0.15) is 6.42 Å². The number of fused-ring (bicyclic) bond motifs is 1. The molecular formula is C26H28O16. The summed E-state index contributed by atoms with van der Waals surface area (Å²) in [5, 5.41) is 99.8. The van der Waals surface area contributed by atoms with E-state index in [4.69, 9.17) is 23.4 Å². The topological polar surface area (TPSA) is 269 Å². The lowest BCUT2D eigenvalue weighted by Crippen LogP contribution is -2.52. The highest BCUT2D eigenvalue weighted by atomic mass is 16.7. The number of aliphatic hydroxyl groups excluding tert-OH is 5. The number of benzene rings is 2. The van der Waals surface area contributed by atoms with Crippen LogP contribution in [0.3, 0.4) is 0 Å². The molecule has 5 rings (SSSR count). The van der Waals surface area contributed by atoms with E-state index in [0.29, 0.717) is 0 Å². The minimum absolute atomic E-state index is 0.180. The van der Waals surface area contributed by atoms with E-state index < -0.39 is 120 Å². The van der Waals surface area contributed by atoms with E-state index in [2.05, 4.69) is 0 Å². The van der Waals surface area contributed by atoms with Crippen molar-refractivity contribution in [3.63, 3.8) is 0 Å². The molecule has 0 amide bonds. The van der Waals surface area contributed by atoms with E-state index in [1.54, 1.807) is 0 Å². The molecule has 0 aliphatic carbocycles. The molecule has 1 unspecified atom stereocenters. The number of aromatic hydroxyl groups is 5. The zero-order valence-corrected chi connectivity index (χ0v) is 21.5. The Morgan fingerprint density at radius 3 is 2.17 bits per heavy atom. The van der Waals surface area contributed by atoms with Gasteiger partial charge in [0, 0.05) is 24.1 Å². The first-order valence-electron chi connectivity index (χ1n) is 12.6. The van der Waals surface area contributed by atoms with E-state index in [1.807, 2.05) is 0 Å². The van der Waals surface area contributed by atoms with Gasteiger partial charge < -0.3 is 74.4 Å². The van der Waals surface area contributed by atoms with Crippen molar-refractivity contribution in [2.45, 2.75) is 55.6 Å². The second-order valence-electron chi connectivity index (χ2n) is 9.85. The SMILES string of the molecule is O=c1c(O[C@H]2C[C@@H](O)[C@@H](O)[C@@H](CO[C@@H]3OC(CO)[C@@H](O)[C@H]3O)O2)c(-c2cc(O)c(O)c(O)c2)oc2cc(O)cc(O)c12. The fourth-order valence-corrected chi connectivity index (χ4v) is 4.75. The van der Waals surface area contributed by atoms with E-state index in [-0.39, 0.29) is 11.1 Å². The van der Waals surface area contributed by atoms with Gasteiger partial charge in [-0.15, -0.1) is 0 Å². The highest BCUT2D eigenvalue weighted by Gasteiger charge is 2.45. The van der Waals surface area contributed by atoms with Gasteiger partial charge in [-0.1, -0.05) is 0 Å². The van der Waals surface area contributed by atoms with Gasteiger partial charge in [-0.05, 0) is 12.1 Å². The highest BCUT2D eigenvalue weighted by molar-refractivity contribution is 5.88. The molecule has 2 aliphatic heterocycles. The molecule has 2 aliphatic rings. The molecule has 1 aromatic heterocycles. The Labute approximate surface area is 235 Å². The number of ether oxygens (including phenoxy) is 4. The Morgan fingerprint density at radius 2 is 1.52 bits per heavy atom. The molecule has 42 heavy (non-hydrogen) atoms. The maximum atomic E-state index is 13.5. The smallest absolute Gasteiger partial charge is 0.239 e. The molecule has 0 bridgehead atoms. The summed E-state index contributed by atoms with van der Waals surface area (Å²) in [6, 6.07) is 3.77. The lowest BCUT2D eigenvalue weighted by Gasteiger charge is -2.37. The van der Waals surface area contributed by atoms with Crippen molar-refractivity contribution < 1.29 is 74.4 Å². The number of hydrogen-bond acceptors (Lipinski definition) is 16. The molecule has 3 aromatic rings. The normalized spacial score (nSPS) is 29.6. The Balaban J connectivity index is 1.47. The molecule has 228 valence electrons. The average molecular weight is 596 g/mol. The van der Waals surface area contributed by atoms with Crippen LogP contribution in [-0.4, -0.2) is 113 Å².